The molecule has 4 rings (SSSR count). The smallest absolute Gasteiger partial charge is 0.261 e. The topological polar surface area (TPSA) is 108 Å². The van der Waals surface area contributed by atoms with Crippen molar-refractivity contribution in [1.82, 2.24) is 19.7 Å². The summed E-state index contributed by atoms with van der Waals surface area (Å²) in [6.45, 7) is 6.27. The van der Waals surface area contributed by atoms with E-state index >= 15 is 0 Å². The van der Waals surface area contributed by atoms with Gasteiger partial charge < -0.3 is 9.47 Å². The molecule has 1 N–H and O–H groups in total. The molecule has 10 heteroatoms. The summed E-state index contributed by atoms with van der Waals surface area (Å²) in [4.78, 5) is 4.40. The second-order valence-corrected chi connectivity index (χ2v) is 8.83. The van der Waals surface area contributed by atoms with Crippen molar-refractivity contribution in [3.8, 4) is 23.2 Å². The third-order valence-corrected chi connectivity index (χ3v) is 6.30. The molecule has 0 amide bonds. The molecule has 4 aromatic rings. The standard InChI is InChI=1S/C23H23N5O4S/c1-4-31-19-9-11-21(12-10-19)33(29,30)27-18-5-7-20(8-6-18)32-23-14-13-22(25-26-23)28-15-24-16(2)17(28)3/h5-15,27H,4H2,1-3H3. The molecule has 2 aromatic carbocycles. The molecular formula is C23H23N5O4S. The van der Waals surface area contributed by atoms with Crippen molar-refractivity contribution in [2.75, 3.05) is 11.3 Å². The summed E-state index contributed by atoms with van der Waals surface area (Å²) in [7, 11) is -3.73. The summed E-state index contributed by atoms with van der Waals surface area (Å²) in [6, 6.07) is 16.3. The Kier molecular flexibility index (Phi) is 6.27. The van der Waals surface area contributed by atoms with Crippen LogP contribution in [0, 0.1) is 13.8 Å². The van der Waals surface area contributed by atoms with E-state index in [4.69, 9.17) is 9.47 Å². The van der Waals surface area contributed by atoms with Crippen LogP contribution in [0.5, 0.6) is 17.4 Å². The summed E-state index contributed by atoms with van der Waals surface area (Å²) in [6.07, 6.45) is 1.70. The molecule has 0 fully saturated rings. The molecule has 170 valence electrons. The number of sulfonamides is 1. The summed E-state index contributed by atoms with van der Waals surface area (Å²) < 4.78 is 40.7. The number of anilines is 1. The average molecular weight is 466 g/mol. The van der Waals surface area contributed by atoms with E-state index in [1.165, 1.54) is 12.1 Å². The first-order valence-corrected chi connectivity index (χ1v) is 11.7. The van der Waals surface area contributed by atoms with Crippen molar-refractivity contribution in [1.29, 1.82) is 0 Å². The minimum absolute atomic E-state index is 0.143. The van der Waals surface area contributed by atoms with Crippen LogP contribution in [0.3, 0.4) is 0 Å². The van der Waals surface area contributed by atoms with E-state index in [1.54, 1.807) is 54.9 Å². The molecule has 2 heterocycles. The van der Waals surface area contributed by atoms with Crippen LogP contribution >= 0.6 is 0 Å². The Morgan fingerprint density at radius 2 is 1.61 bits per heavy atom. The number of hydrogen-bond donors (Lipinski definition) is 1. The van der Waals surface area contributed by atoms with Crippen LogP contribution in [-0.4, -0.2) is 34.8 Å². The van der Waals surface area contributed by atoms with E-state index in [1.807, 2.05) is 25.3 Å². The lowest BCUT2D eigenvalue weighted by Gasteiger charge is -2.10. The maximum Gasteiger partial charge on any atom is 0.261 e. The van der Waals surface area contributed by atoms with Crippen molar-refractivity contribution >= 4 is 15.7 Å². The SMILES string of the molecule is CCOc1ccc(S(=O)(=O)Nc2ccc(Oc3ccc(-n4cnc(C)c4C)nn3)cc2)cc1. The number of aromatic nitrogens is 4. The van der Waals surface area contributed by atoms with Gasteiger partial charge in [0.2, 0.25) is 5.88 Å². The van der Waals surface area contributed by atoms with Crippen molar-refractivity contribution < 1.29 is 17.9 Å². The van der Waals surface area contributed by atoms with Gasteiger partial charge in [0, 0.05) is 17.4 Å². The zero-order chi connectivity index (χ0) is 23.4. The van der Waals surface area contributed by atoms with Crippen molar-refractivity contribution in [3.05, 3.63) is 78.4 Å². The Bertz CT molecular complexity index is 1330. The number of ether oxygens (including phenoxy) is 2. The van der Waals surface area contributed by atoms with Gasteiger partial charge >= 0.3 is 0 Å². The highest BCUT2D eigenvalue weighted by Crippen LogP contribution is 2.24. The van der Waals surface area contributed by atoms with Gasteiger partial charge in [0.1, 0.15) is 17.8 Å². The fourth-order valence-electron chi connectivity index (χ4n) is 3.03. The first-order chi connectivity index (χ1) is 15.9. The first kappa shape index (κ1) is 22.3. The Morgan fingerprint density at radius 1 is 0.909 bits per heavy atom. The lowest BCUT2D eigenvalue weighted by molar-refractivity contribution is 0.340. The van der Waals surface area contributed by atoms with E-state index in [9.17, 15) is 8.42 Å². The highest BCUT2D eigenvalue weighted by atomic mass is 32.2. The van der Waals surface area contributed by atoms with Gasteiger partial charge in [0.05, 0.1) is 17.2 Å². The molecule has 0 radical (unpaired) electrons. The van der Waals surface area contributed by atoms with E-state index in [-0.39, 0.29) is 4.90 Å². The molecule has 0 aliphatic carbocycles. The molecule has 33 heavy (non-hydrogen) atoms. The maximum absolute atomic E-state index is 12.6. The Labute approximate surface area is 192 Å². The Morgan fingerprint density at radius 3 is 2.18 bits per heavy atom. The number of benzene rings is 2. The minimum atomic E-state index is -3.73. The molecule has 9 nitrogen and oxygen atoms in total. The van der Waals surface area contributed by atoms with Gasteiger partial charge in [-0.25, -0.2) is 13.4 Å². The third kappa shape index (κ3) is 5.12. The number of nitrogens with one attached hydrogen (secondary N) is 1. The molecule has 0 saturated carbocycles. The largest absolute Gasteiger partial charge is 0.494 e. The Balaban J connectivity index is 1.41. The minimum Gasteiger partial charge on any atom is -0.494 e. The zero-order valence-electron chi connectivity index (χ0n) is 18.4. The second-order valence-electron chi connectivity index (χ2n) is 7.15. The Hall–Kier alpha value is -3.92. The fraction of sp³-hybridized carbons (Fsp3) is 0.174. The highest BCUT2D eigenvalue weighted by molar-refractivity contribution is 7.92. The summed E-state index contributed by atoms with van der Waals surface area (Å²) in [5, 5.41) is 8.28. The van der Waals surface area contributed by atoms with Crippen molar-refractivity contribution in [2.45, 2.75) is 25.7 Å². The van der Waals surface area contributed by atoms with E-state index in [0.717, 1.165) is 11.4 Å². The number of aryl methyl sites for hydroxylation is 1. The van der Waals surface area contributed by atoms with Gasteiger partial charge in [-0.05, 0) is 75.4 Å². The van der Waals surface area contributed by atoms with Crippen LogP contribution in [0.4, 0.5) is 5.69 Å². The highest BCUT2D eigenvalue weighted by Gasteiger charge is 2.14. The van der Waals surface area contributed by atoms with Crippen LogP contribution < -0.4 is 14.2 Å². The predicted octanol–water partition coefficient (Wildman–Crippen LogP) is 4.27. The number of rotatable bonds is 8. The van der Waals surface area contributed by atoms with Crippen LogP contribution in [0.1, 0.15) is 18.3 Å². The van der Waals surface area contributed by atoms with Gasteiger partial charge in [-0.2, -0.15) is 0 Å². The predicted molar refractivity (Wildman–Crippen MR) is 124 cm³/mol. The van der Waals surface area contributed by atoms with E-state index in [2.05, 4.69) is 19.9 Å². The van der Waals surface area contributed by atoms with E-state index < -0.39 is 10.0 Å². The summed E-state index contributed by atoms with van der Waals surface area (Å²) in [5.41, 5.74) is 2.32. The first-order valence-electron chi connectivity index (χ1n) is 10.2. The average Bonchev–Trinajstić information content (AvgIpc) is 3.14. The van der Waals surface area contributed by atoms with Crippen LogP contribution in [-0.2, 0) is 10.0 Å². The molecule has 0 unspecified atom stereocenters. The third-order valence-electron chi connectivity index (χ3n) is 4.90. The molecule has 0 aliphatic rings. The normalized spacial score (nSPS) is 11.2. The summed E-state index contributed by atoms with van der Waals surface area (Å²) >= 11 is 0. The lowest BCUT2D eigenvalue weighted by Crippen LogP contribution is -2.12. The monoisotopic (exact) mass is 465 g/mol. The van der Waals surface area contributed by atoms with Gasteiger partial charge in [-0.3, -0.25) is 9.29 Å². The van der Waals surface area contributed by atoms with Gasteiger partial charge in [-0.1, -0.05) is 0 Å². The van der Waals surface area contributed by atoms with Gasteiger partial charge in [-0.15, -0.1) is 10.2 Å². The maximum atomic E-state index is 12.6. The van der Waals surface area contributed by atoms with Gasteiger partial charge in [0.25, 0.3) is 10.0 Å². The lowest BCUT2D eigenvalue weighted by atomic mass is 10.3. The summed E-state index contributed by atoms with van der Waals surface area (Å²) in [5.74, 6) is 2.07. The molecule has 0 spiro atoms. The molecule has 0 saturated heterocycles. The van der Waals surface area contributed by atoms with Crippen LogP contribution in [0.2, 0.25) is 0 Å². The molecule has 0 atom stereocenters. The number of hydrogen-bond acceptors (Lipinski definition) is 7. The fourth-order valence-corrected chi connectivity index (χ4v) is 4.09. The van der Waals surface area contributed by atoms with Gasteiger partial charge in [0.15, 0.2) is 5.82 Å². The van der Waals surface area contributed by atoms with Crippen molar-refractivity contribution in [2.24, 2.45) is 0 Å². The van der Waals surface area contributed by atoms with Crippen LogP contribution in [0.25, 0.3) is 5.82 Å². The van der Waals surface area contributed by atoms with E-state index in [0.29, 0.717) is 35.5 Å². The number of nitrogens with zero attached hydrogens (tertiary/aromatic N) is 4. The van der Waals surface area contributed by atoms with Crippen LogP contribution in [0.15, 0.2) is 71.9 Å². The molecule has 0 aliphatic heterocycles. The molecule has 0 bridgehead atoms. The molecular weight excluding hydrogens is 442 g/mol. The second kappa shape index (κ2) is 9.29. The van der Waals surface area contributed by atoms with Crippen molar-refractivity contribution in [3.63, 3.8) is 0 Å². The zero-order valence-corrected chi connectivity index (χ0v) is 19.2. The number of imidazole rings is 1. The quantitative estimate of drug-likeness (QED) is 0.414. The molecule has 2 aromatic heterocycles.